The average Bonchev–Trinajstić information content (AvgIpc) is 3.01. The third-order valence-electron chi connectivity index (χ3n) is 5.39. The van der Waals surface area contributed by atoms with E-state index >= 15 is 0 Å². The fourth-order valence-corrected chi connectivity index (χ4v) is 3.91. The first-order valence-corrected chi connectivity index (χ1v) is 9.09. The molecule has 1 amide bonds. The van der Waals surface area contributed by atoms with Gasteiger partial charge in [0.25, 0.3) is 5.56 Å². The molecule has 7 heteroatoms. The van der Waals surface area contributed by atoms with Crippen LogP contribution in [0.1, 0.15) is 34.5 Å². The lowest BCUT2D eigenvalue weighted by atomic mass is 9.98. The van der Waals surface area contributed by atoms with E-state index in [1.165, 1.54) is 6.07 Å². The van der Waals surface area contributed by atoms with Crippen LogP contribution in [0.3, 0.4) is 0 Å². The number of carbonyl (C=O) groups excluding carboxylic acids is 1. The van der Waals surface area contributed by atoms with Crippen LogP contribution in [0.15, 0.2) is 29.1 Å². The number of aromatic amines is 1. The number of fused-ring (bicyclic) bond motifs is 2. The summed E-state index contributed by atoms with van der Waals surface area (Å²) < 4.78 is 1.68. The van der Waals surface area contributed by atoms with E-state index in [-0.39, 0.29) is 11.5 Å². The Bertz CT molecular complexity index is 1100. The zero-order valence-electron chi connectivity index (χ0n) is 15.5. The van der Waals surface area contributed by atoms with Gasteiger partial charge >= 0.3 is 0 Å². The van der Waals surface area contributed by atoms with Crippen LogP contribution >= 0.6 is 0 Å². The molecule has 1 aliphatic heterocycles. The first kappa shape index (κ1) is 17.3. The molecule has 0 bridgehead atoms. The Labute approximate surface area is 156 Å². The zero-order chi connectivity index (χ0) is 19.1. The normalized spacial score (nSPS) is 13.8. The van der Waals surface area contributed by atoms with E-state index in [2.05, 4.69) is 10.1 Å². The highest BCUT2D eigenvalue weighted by Crippen LogP contribution is 2.27. The average molecular weight is 366 g/mol. The number of carbonyl (C=O) groups is 1. The maximum absolute atomic E-state index is 12.7. The van der Waals surface area contributed by atoms with Crippen molar-refractivity contribution >= 4 is 11.6 Å². The second kappa shape index (κ2) is 6.57. The third-order valence-corrected chi connectivity index (χ3v) is 5.39. The van der Waals surface area contributed by atoms with Crippen LogP contribution in [0.2, 0.25) is 0 Å². The van der Waals surface area contributed by atoms with Crippen molar-refractivity contribution in [3.8, 4) is 5.75 Å². The molecule has 4 rings (SSSR count). The van der Waals surface area contributed by atoms with Crippen molar-refractivity contribution in [2.75, 3.05) is 6.54 Å². The number of hydrogen-bond acceptors (Lipinski definition) is 4. The van der Waals surface area contributed by atoms with Crippen molar-refractivity contribution < 1.29 is 9.90 Å². The summed E-state index contributed by atoms with van der Waals surface area (Å²) in [5, 5.41) is 12.7. The number of hydrogen-bond donors (Lipinski definition) is 2. The van der Waals surface area contributed by atoms with E-state index < -0.39 is 0 Å². The number of benzene rings is 1. The molecule has 2 aromatic heterocycles. The molecule has 1 aliphatic rings. The van der Waals surface area contributed by atoms with Gasteiger partial charge in [-0.15, -0.1) is 0 Å². The molecule has 140 valence electrons. The van der Waals surface area contributed by atoms with Crippen molar-refractivity contribution in [2.24, 2.45) is 0 Å². The molecule has 0 aliphatic carbocycles. The second-order valence-corrected chi connectivity index (χ2v) is 7.06. The highest BCUT2D eigenvalue weighted by molar-refractivity contribution is 5.77. The van der Waals surface area contributed by atoms with Crippen LogP contribution < -0.4 is 5.56 Å². The molecule has 3 heterocycles. The Morgan fingerprint density at radius 1 is 1.33 bits per heavy atom. The number of amides is 1. The minimum absolute atomic E-state index is 0.0869. The molecule has 3 aromatic rings. The van der Waals surface area contributed by atoms with Gasteiger partial charge in [0.2, 0.25) is 5.91 Å². The first-order chi connectivity index (χ1) is 12.9. The number of aryl methyl sites for hydroxylation is 2. The maximum atomic E-state index is 12.7. The summed E-state index contributed by atoms with van der Waals surface area (Å²) >= 11 is 0. The molecule has 27 heavy (non-hydrogen) atoms. The second-order valence-electron chi connectivity index (χ2n) is 7.06. The summed E-state index contributed by atoms with van der Waals surface area (Å²) in [5.41, 5.74) is 5.09. The van der Waals surface area contributed by atoms with Crippen molar-refractivity contribution in [3.05, 3.63) is 62.7 Å². The summed E-state index contributed by atoms with van der Waals surface area (Å²) in [6.07, 6.45) is 1.63. The summed E-state index contributed by atoms with van der Waals surface area (Å²) in [6, 6.07) is 6.93. The van der Waals surface area contributed by atoms with Gasteiger partial charge < -0.3 is 10.0 Å². The molecule has 0 unspecified atom stereocenters. The zero-order valence-corrected chi connectivity index (χ0v) is 15.5. The molecular formula is C20H22N4O3. The summed E-state index contributed by atoms with van der Waals surface area (Å²) in [5.74, 6) is 0.398. The van der Waals surface area contributed by atoms with Crippen molar-refractivity contribution in [1.29, 1.82) is 0 Å². The largest absolute Gasteiger partial charge is 0.508 e. The number of phenols is 1. The Morgan fingerprint density at radius 2 is 2.15 bits per heavy atom. The number of aromatic nitrogens is 3. The van der Waals surface area contributed by atoms with Crippen LogP contribution in [0.25, 0.3) is 5.65 Å². The Balaban J connectivity index is 1.50. The molecule has 0 saturated heterocycles. The van der Waals surface area contributed by atoms with Crippen LogP contribution in [-0.2, 0) is 24.2 Å². The molecule has 0 spiro atoms. The number of phenolic OH excluding ortho intramolecular Hbond substituents is 1. The lowest BCUT2D eigenvalue weighted by Crippen LogP contribution is -2.36. The number of nitrogens with zero attached hydrogens (tertiary/aromatic N) is 3. The molecule has 0 atom stereocenters. The minimum Gasteiger partial charge on any atom is -0.508 e. The van der Waals surface area contributed by atoms with Gasteiger partial charge in [0.1, 0.15) is 5.75 Å². The van der Waals surface area contributed by atoms with Crippen LogP contribution in [0.5, 0.6) is 5.75 Å². The number of rotatable bonds is 3. The van der Waals surface area contributed by atoms with Gasteiger partial charge in [-0.2, -0.15) is 0 Å². The predicted octanol–water partition coefficient (Wildman–Crippen LogP) is 1.86. The molecule has 7 nitrogen and oxygen atoms in total. The van der Waals surface area contributed by atoms with Gasteiger partial charge in [-0.25, -0.2) is 9.50 Å². The van der Waals surface area contributed by atoms with Crippen LogP contribution in [0, 0.1) is 13.8 Å². The Morgan fingerprint density at radius 3 is 2.96 bits per heavy atom. The highest BCUT2D eigenvalue weighted by atomic mass is 16.3. The quantitative estimate of drug-likeness (QED) is 0.740. The molecule has 0 radical (unpaired) electrons. The van der Waals surface area contributed by atoms with E-state index in [1.54, 1.807) is 10.6 Å². The fourth-order valence-electron chi connectivity index (χ4n) is 3.91. The van der Waals surface area contributed by atoms with Crippen molar-refractivity contribution in [2.45, 2.75) is 39.7 Å². The topological polar surface area (TPSA) is 90.7 Å². The maximum Gasteiger partial charge on any atom is 0.266 e. The molecule has 0 fully saturated rings. The lowest BCUT2D eigenvalue weighted by Gasteiger charge is -2.29. The van der Waals surface area contributed by atoms with E-state index in [0.717, 1.165) is 28.1 Å². The van der Waals surface area contributed by atoms with E-state index in [1.807, 2.05) is 30.9 Å². The third kappa shape index (κ3) is 3.09. The smallest absolute Gasteiger partial charge is 0.266 e. The number of H-pyrrole nitrogens is 1. The number of aromatic hydroxyl groups is 1. The molecule has 2 N–H and O–H groups in total. The van der Waals surface area contributed by atoms with Crippen molar-refractivity contribution in [1.82, 2.24) is 19.5 Å². The molecule has 0 saturated carbocycles. The van der Waals surface area contributed by atoms with Crippen LogP contribution in [0.4, 0.5) is 0 Å². The summed E-state index contributed by atoms with van der Waals surface area (Å²) in [7, 11) is 0. The minimum atomic E-state index is -0.187. The lowest BCUT2D eigenvalue weighted by molar-refractivity contribution is -0.132. The highest BCUT2D eigenvalue weighted by Gasteiger charge is 2.22. The molecule has 1 aromatic carbocycles. The van der Waals surface area contributed by atoms with E-state index in [9.17, 15) is 14.7 Å². The van der Waals surface area contributed by atoms with Gasteiger partial charge in [0, 0.05) is 42.5 Å². The Kier molecular flexibility index (Phi) is 4.22. The monoisotopic (exact) mass is 366 g/mol. The Hall–Kier alpha value is -3.09. The summed E-state index contributed by atoms with van der Waals surface area (Å²) in [4.78, 5) is 30.6. The van der Waals surface area contributed by atoms with Gasteiger partial charge in [-0.05, 0) is 43.9 Å². The van der Waals surface area contributed by atoms with E-state index in [4.69, 9.17) is 0 Å². The molecular weight excluding hydrogens is 344 g/mol. The van der Waals surface area contributed by atoms with E-state index in [0.29, 0.717) is 43.7 Å². The van der Waals surface area contributed by atoms with Gasteiger partial charge in [-0.3, -0.25) is 14.7 Å². The fraction of sp³-hybridized carbons (Fsp3) is 0.350. The van der Waals surface area contributed by atoms with Gasteiger partial charge in [0.15, 0.2) is 5.65 Å². The number of nitrogens with one attached hydrogen (secondary N) is 1. The van der Waals surface area contributed by atoms with Crippen LogP contribution in [-0.4, -0.2) is 37.1 Å². The predicted molar refractivity (Wildman–Crippen MR) is 101 cm³/mol. The standard InChI is InChI=1S/C20H22N4O3/c1-12-15(13(2)24-18(21-12)10-19(26)22-24)6-7-20(27)23-9-8-16-14(11-23)4-3-5-17(16)25/h3-5,10,25H,6-9,11H2,1-2H3,(H,22,26). The van der Waals surface area contributed by atoms with Crippen molar-refractivity contribution in [3.63, 3.8) is 0 Å². The summed E-state index contributed by atoms with van der Waals surface area (Å²) in [6.45, 7) is 4.98. The first-order valence-electron chi connectivity index (χ1n) is 9.09. The van der Waals surface area contributed by atoms with Gasteiger partial charge in [-0.1, -0.05) is 12.1 Å². The van der Waals surface area contributed by atoms with Gasteiger partial charge in [0.05, 0.1) is 0 Å². The SMILES string of the molecule is Cc1nc2cc(=O)[nH]n2c(C)c1CCC(=O)N1CCc2c(O)cccc2C1.